The number of hydrogen-bond acceptors (Lipinski definition) is 3. The molecule has 1 heterocycles. The van der Waals surface area contributed by atoms with Crippen molar-refractivity contribution in [1.82, 2.24) is 0 Å². The van der Waals surface area contributed by atoms with Crippen LogP contribution in [0.3, 0.4) is 0 Å². The second-order valence-electron chi connectivity index (χ2n) is 6.73. The molecule has 3 nitrogen and oxygen atoms in total. The standard InChI is InChI=1S/C17H25BrN2O/c1-12(19)15-6-5-14(18)10-16(15)20-9-8-17(21)7-3-2-4-13(17)11-20/h5-6,10,12-13,21H,2-4,7-9,11,19H2,1H3. The fraction of sp³-hybridized carbons (Fsp3) is 0.647. The van der Waals surface area contributed by atoms with Crippen molar-refractivity contribution in [3.8, 4) is 0 Å². The Balaban J connectivity index is 1.87. The largest absolute Gasteiger partial charge is 0.389 e. The summed E-state index contributed by atoms with van der Waals surface area (Å²) < 4.78 is 1.09. The molecule has 0 spiro atoms. The fourth-order valence-corrected chi connectivity index (χ4v) is 4.31. The molecule has 2 aliphatic rings. The number of rotatable bonds is 2. The van der Waals surface area contributed by atoms with Crippen LogP contribution in [-0.4, -0.2) is 23.8 Å². The summed E-state index contributed by atoms with van der Waals surface area (Å²) in [6.45, 7) is 3.91. The molecular formula is C17H25BrN2O. The lowest BCUT2D eigenvalue weighted by atomic mass is 9.71. The van der Waals surface area contributed by atoms with E-state index in [4.69, 9.17) is 5.73 Å². The van der Waals surface area contributed by atoms with E-state index in [0.29, 0.717) is 5.92 Å². The average molecular weight is 353 g/mol. The highest BCUT2D eigenvalue weighted by molar-refractivity contribution is 9.10. The van der Waals surface area contributed by atoms with E-state index in [9.17, 15) is 5.11 Å². The maximum absolute atomic E-state index is 10.8. The van der Waals surface area contributed by atoms with Crippen molar-refractivity contribution >= 4 is 21.6 Å². The Hall–Kier alpha value is -0.580. The summed E-state index contributed by atoms with van der Waals surface area (Å²) in [4.78, 5) is 2.42. The zero-order valence-corrected chi connectivity index (χ0v) is 14.3. The summed E-state index contributed by atoms with van der Waals surface area (Å²) in [7, 11) is 0. The van der Waals surface area contributed by atoms with Gasteiger partial charge in [0.25, 0.3) is 0 Å². The molecule has 1 saturated heterocycles. The van der Waals surface area contributed by atoms with Crippen molar-refractivity contribution in [2.75, 3.05) is 18.0 Å². The van der Waals surface area contributed by atoms with Crippen molar-refractivity contribution < 1.29 is 5.11 Å². The summed E-state index contributed by atoms with van der Waals surface area (Å²) in [5.41, 5.74) is 8.14. The molecule has 3 atom stereocenters. The second-order valence-corrected chi connectivity index (χ2v) is 7.65. The maximum Gasteiger partial charge on any atom is 0.0709 e. The lowest BCUT2D eigenvalue weighted by molar-refractivity contribution is -0.0612. The molecule has 3 N–H and O–H groups in total. The van der Waals surface area contributed by atoms with E-state index in [2.05, 4.69) is 39.0 Å². The molecule has 1 saturated carbocycles. The van der Waals surface area contributed by atoms with Gasteiger partial charge in [0.05, 0.1) is 5.60 Å². The van der Waals surface area contributed by atoms with Crippen LogP contribution in [0.1, 0.15) is 50.6 Å². The first-order valence-electron chi connectivity index (χ1n) is 8.02. The Kier molecular flexibility index (Phi) is 4.30. The van der Waals surface area contributed by atoms with E-state index >= 15 is 0 Å². The SMILES string of the molecule is CC(N)c1ccc(Br)cc1N1CCC2(O)CCCCC2C1. The minimum absolute atomic E-state index is 0.0280. The van der Waals surface area contributed by atoms with Gasteiger partial charge >= 0.3 is 0 Å². The van der Waals surface area contributed by atoms with Gasteiger partial charge in [-0.2, -0.15) is 0 Å². The normalized spacial score (nSPS) is 30.9. The summed E-state index contributed by atoms with van der Waals surface area (Å²) in [5.74, 6) is 0.403. The first-order chi connectivity index (χ1) is 9.99. The van der Waals surface area contributed by atoms with Crippen LogP contribution in [0.4, 0.5) is 5.69 Å². The van der Waals surface area contributed by atoms with Crippen LogP contribution in [0.15, 0.2) is 22.7 Å². The molecule has 3 unspecified atom stereocenters. The summed E-state index contributed by atoms with van der Waals surface area (Å²) in [6, 6.07) is 6.38. The number of halogens is 1. The first-order valence-corrected chi connectivity index (χ1v) is 8.81. The van der Waals surface area contributed by atoms with E-state index in [1.54, 1.807) is 0 Å². The van der Waals surface area contributed by atoms with Crippen molar-refractivity contribution in [1.29, 1.82) is 0 Å². The number of benzene rings is 1. The third kappa shape index (κ3) is 2.99. The van der Waals surface area contributed by atoms with Gasteiger partial charge in [-0.05, 0) is 43.9 Å². The van der Waals surface area contributed by atoms with Gasteiger partial charge in [-0.25, -0.2) is 0 Å². The van der Waals surface area contributed by atoms with Crippen LogP contribution in [0.2, 0.25) is 0 Å². The van der Waals surface area contributed by atoms with E-state index in [0.717, 1.165) is 36.8 Å². The van der Waals surface area contributed by atoms with Crippen molar-refractivity contribution in [3.63, 3.8) is 0 Å². The highest BCUT2D eigenvalue weighted by Crippen LogP contribution is 2.42. The minimum atomic E-state index is -0.421. The number of nitrogens with zero attached hydrogens (tertiary/aromatic N) is 1. The first kappa shape index (κ1) is 15.3. The Morgan fingerprint density at radius 3 is 2.95 bits per heavy atom. The lowest BCUT2D eigenvalue weighted by Crippen LogP contribution is -2.53. The van der Waals surface area contributed by atoms with Gasteiger partial charge < -0.3 is 15.7 Å². The molecule has 2 fully saturated rings. The molecule has 116 valence electrons. The van der Waals surface area contributed by atoms with E-state index in [1.807, 2.05) is 6.92 Å². The molecule has 1 aliphatic heterocycles. The molecule has 0 aromatic heterocycles. The van der Waals surface area contributed by atoms with Gasteiger partial charge in [0, 0.05) is 35.2 Å². The Morgan fingerprint density at radius 1 is 1.38 bits per heavy atom. The molecule has 1 aliphatic carbocycles. The minimum Gasteiger partial charge on any atom is -0.389 e. The van der Waals surface area contributed by atoms with Crippen LogP contribution in [0.25, 0.3) is 0 Å². The molecule has 3 rings (SSSR count). The molecular weight excluding hydrogens is 328 g/mol. The third-order valence-corrected chi connectivity index (χ3v) is 5.74. The van der Waals surface area contributed by atoms with Crippen LogP contribution in [0.5, 0.6) is 0 Å². The monoisotopic (exact) mass is 352 g/mol. The number of hydrogen-bond donors (Lipinski definition) is 2. The van der Waals surface area contributed by atoms with E-state index < -0.39 is 5.60 Å². The molecule has 0 radical (unpaired) electrons. The van der Waals surface area contributed by atoms with Crippen molar-refractivity contribution in [2.24, 2.45) is 11.7 Å². The quantitative estimate of drug-likeness (QED) is 0.854. The maximum atomic E-state index is 10.8. The van der Waals surface area contributed by atoms with Crippen LogP contribution in [-0.2, 0) is 0 Å². The second kappa shape index (κ2) is 5.90. The summed E-state index contributed by atoms with van der Waals surface area (Å²) in [6.07, 6.45) is 5.43. The highest BCUT2D eigenvalue weighted by Gasteiger charge is 2.43. The molecule has 0 bridgehead atoms. The smallest absolute Gasteiger partial charge is 0.0709 e. The van der Waals surface area contributed by atoms with Crippen molar-refractivity contribution in [2.45, 2.75) is 50.7 Å². The third-order valence-electron chi connectivity index (χ3n) is 5.25. The lowest BCUT2D eigenvalue weighted by Gasteiger charge is -2.48. The van der Waals surface area contributed by atoms with Gasteiger partial charge in [-0.1, -0.05) is 34.8 Å². The zero-order chi connectivity index (χ0) is 15.0. The predicted molar refractivity (Wildman–Crippen MR) is 90.5 cm³/mol. The number of fused-ring (bicyclic) bond motifs is 1. The van der Waals surface area contributed by atoms with Gasteiger partial charge in [-0.15, -0.1) is 0 Å². The summed E-state index contributed by atoms with van der Waals surface area (Å²) >= 11 is 3.57. The molecule has 1 aromatic carbocycles. The molecule has 21 heavy (non-hydrogen) atoms. The molecule has 4 heteroatoms. The van der Waals surface area contributed by atoms with Gasteiger partial charge in [0.2, 0.25) is 0 Å². The zero-order valence-electron chi connectivity index (χ0n) is 12.7. The number of piperidine rings is 1. The highest BCUT2D eigenvalue weighted by atomic mass is 79.9. The molecule has 1 aromatic rings. The summed E-state index contributed by atoms with van der Waals surface area (Å²) in [5, 5.41) is 10.8. The van der Waals surface area contributed by atoms with Gasteiger partial charge in [0.15, 0.2) is 0 Å². The van der Waals surface area contributed by atoms with Crippen LogP contribution >= 0.6 is 15.9 Å². The fourth-order valence-electron chi connectivity index (χ4n) is 3.97. The Morgan fingerprint density at radius 2 is 2.19 bits per heavy atom. The average Bonchev–Trinajstić information content (AvgIpc) is 2.45. The van der Waals surface area contributed by atoms with E-state index in [-0.39, 0.29) is 6.04 Å². The van der Waals surface area contributed by atoms with Gasteiger partial charge in [-0.3, -0.25) is 0 Å². The van der Waals surface area contributed by atoms with Crippen molar-refractivity contribution in [3.05, 3.63) is 28.2 Å². The van der Waals surface area contributed by atoms with E-state index in [1.165, 1.54) is 24.1 Å². The number of nitrogens with two attached hydrogens (primary N) is 1. The Labute approximate surface area is 135 Å². The Bertz CT molecular complexity index is 520. The number of anilines is 1. The number of aliphatic hydroxyl groups is 1. The predicted octanol–water partition coefficient (Wildman–Crippen LogP) is 3.60. The molecule has 0 amide bonds. The van der Waals surface area contributed by atoms with Crippen LogP contribution in [0, 0.1) is 5.92 Å². The van der Waals surface area contributed by atoms with Crippen LogP contribution < -0.4 is 10.6 Å². The van der Waals surface area contributed by atoms with Gasteiger partial charge in [0.1, 0.15) is 0 Å². The topological polar surface area (TPSA) is 49.5 Å².